The highest BCUT2D eigenvalue weighted by Crippen LogP contribution is 2.14. The third-order valence-corrected chi connectivity index (χ3v) is 1.86. The molecule has 12 heavy (non-hydrogen) atoms. The molecule has 0 spiro atoms. The zero-order valence-corrected chi connectivity index (χ0v) is 8.04. The lowest BCUT2D eigenvalue weighted by Gasteiger charge is -2.13. The number of methoxy groups -OCH3 is 1. The molecule has 3 heteroatoms. The minimum absolute atomic E-state index is 0.173. The molecule has 0 aromatic rings. The Hall–Kier alpha value is -0.570. The Morgan fingerprint density at radius 1 is 1.42 bits per heavy atom. The summed E-state index contributed by atoms with van der Waals surface area (Å²) in [6.45, 7) is 4.14. The molecule has 0 amide bonds. The minimum Gasteiger partial charge on any atom is -0.469 e. The van der Waals surface area contributed by atoms with E-state index in [1.165, 1.54) is 7.11 Å². The van der Waals surface area contributed by atoms with Crippen molar-refractivity contribution in [3.05, 3.63) is 0 Å². The average molecular weight is 174 g/mol. The summed E-state index contributed by atoms with van der Waals surface area (Å²) in [4.78, 5) is 10.8. The maximum atomic E-state index is 10.8. The normalized spacial score (nSPS) is 15.3. The average Bonchev–Trinajstić information content (AvgIpc) is 2.03. The second-order valence-corrected chi connectivity index (χ2v) is 3.41. The molecule has 0 rings (SSSR count). The molecule has 0 fully saturated rings. The van der Waals surface area contributed by atoms with Crippen LogP contribution in [0.2, 0.25) is 0 Å². The Balaban J connectivity index is 3.58. The molecule has 0 saturated heterocycles. The minimum atomic E-state index is -0.173. The topological polar surface area (TPSA) is 46.5 Å². The van der Waals surface area contributed by atoms with Crippen molar-refractivity contribution in [2.75, 3.05) is 13.7 Å². The number of hydrogen-bond acceptors (Lipinski definition) is 3. The Morgan fingerprint density at radius 3 is 2.42 bits per heavy atom. The van der Waals surface area contributed by atoms with Gasteiger partial charge in [-0.15, -0.1) is 0 Å². The molecule has 0 aromatic heterocycles. The third-order valence-electron chi connectivity index (χ3n) is 1.86. The van der Waals surface area contributed by atoms with Crippen LogP contribution in [0, 0.1) is 11.8 Å². The summed E-state index contributed by atoms with van der Waals surface area (Å²) >= 11 is 0. The van der Waals surface area contributed by atoms with Gasteiger partial charge in [-0.3, -0.25) is 4.79 Å². The van der Waals surface area contributed by atoms with Crippen LogP contribution in [-0.4, -0.2) is 24.8 Å². The smallest absolute Gasteiger partial charge is 0.305 e. The molecule has 0 saturated carbocycles. The first kappa shape index (κ1) is 11.4. The predicted octanol–water partition coefficient (Wildman–Crippen LogP) is 1.20. The molecule has 1 N–H and O–H groups in total. The maximum absolute atomic E-state index is 10.8. The van der Waals surface area contributed by atoms with Gasteiger partial charge in [0.2, 0.25) is 0 Å². The van der Waals surface area contributed by atoms with Gasteiger partial charge in [0.05, 0.1) is 7.11 Å². The fraction of sp³-hybridized carbons (Fsp3) is 0.889. The zero-order chi connectivity index (χ0) is 9.56. The van der Waals surface area contributed by atoms with Crippen LogP contribution in [0.25, 0.3) is 0 Å². The summed E-state index contributed by atoms with van der Waals surface area (Å²) in [5.74, 6) is 0.386. The molecule has 0 radical (unpaired) electrons. The summed E-state index contributed by atoms with van der Waals surface area (Å²) in [5.41, 5.74) is 0. The van der Waals surface area contributed by atoms with Crippen molar-refractivity contribution in [3.8, 4) is 0 Å². The number of hydrogen-bond donors (Lipinski definition) is 1. The van der Waals surface area contributed by atoms with E-state index < -0.39 is 0 Å². The predicted molar refractivity (Wildman–Crippen MR) is 46.7 cm³/mol. The number of aliphatic hydroxyl groups is 1. The van der Waals surface area contributed by atoms with Crippen LogP contribution in [-0.2, 0) is 9.53 Å². The van der Waals surface area contributed by atoms with Gasteiger partial charge in [-0.2, -0.15) is 0 Å². The Kier molecular flexibility index (Phi) is 5.72. The van der Waals surface area contributed by atoms with Crippen molar-refractivity contribution >= 4 is 5.97 Å². The molecule has 0 bridgehead atoms. The van der Waals surface area contributed by atoms with Crippen molar-refractivity contribution in [2.24, 2.45) is 11.8 Å². The van der Waals surface area contributed by atoms with Gasteiger partial charge in [0.25, 0.3) is 0 Å². The lowest BCUT2D eigenvalue weighted by Crippen LogP contribution is -2.12. The monoisotopic (exact) mass is 174 g/mol. The molecule has 72 valence electrons. The molecule has 0 heterocycles. The molecule has 0 aliphatic rings. The number of esters is 1. The SMILES string of the molecule is COC(=O)C[C@@H](C)C[C@@H](C)CO. The van der Waals surface area contributed by atoms with E-state index in [-0.39, 0.29) is 18.5 Å². The maximum Gasteiger partial charge on any atom is 0.305 e. The largest absolute Gasteiger partial charge is 0.469 e. The van der Waals surface area contributed by atoms with Crippen LogP contribution in [0.3, 0.4) is 0 Å². The first-order chi connectivity index (χ1) is 5.60. The molecule has 0 aliphatic carbocycles. The Bertz CT molecular complexity index is 134. The van der Waals surface area contributed by atoms with Crippen LogP contribution in [0.15, 0.2) is 0 Å². The first-order valence-electron chi connectivity index (χ1n) is 4.27. The van der Waals surface area contributed by atoms with Crippen LogP contribution in [0.4, 0.5) is 0 Å². The fourth-order valence-electron chi connectivity index (χ4n) is 1.21. The van der Waals surface area contributed by atoms with Gasteiger partial charge >= 0.3 is 5.97 Å². The number of rotatable bonds is 5. The summed E-state index contributed by atoms with van der Waals surface area (Å²) in [5, 5.41) is 8.76. The van der Waals surface area contributed by atoms with E-state index in [0.717, 1.165) is 6.42 Å². The van der Waals surface area contributed by atoms with E-state index in [4.69, 9.17) is 5.11 Å². The van der Waals surface area contributed by atoms with Crippen molar-refractivity contribution in [3.63, 3.8) is 0 Å². The summed E-state index contributed by atoms with van der Waals surface area (Å²) in [6, 6.07) is 0. The van der Waals surface area contributed by atoms with Crippen LogP contribution in [0.1, 0.15) is 26.7 Å². The number of ether oxygens (including phenoxy) is 1. The first-order valence-corrected chi connectivity index (χ1v) is 4.27. The van der Waals surface area contributed by atoms with Gasteiger partial charge in [0.1, 0.15) is 0 Å². The molecular weight excluding hydrogens is 156 g/mol. The van der Waals surface area contributed by atoms with E-state index in [2.05, 4.69) is 4.74 Å². The van der Waals surface area contributed by atoms with E-state index in [0.29, 0.717) is 12.3 Å². The Morgan fingerprint density at radius 2 is 2.00 bits per heavy atom. The standard InChI is InChI=1S/C9H18O3/c1-7(4-8(2)6-10)5-9(11)12-3/h7-8,10H,4-6H2,1-3H3/t7-,8+/m0/s1. The summed E-state index contributed by atoms with van der Waals surface area (Å²) in [7, 11) is 1.39. The summed E-state index contributed by atoms with van der Waals surface area (Å²) in [6.07, 6.45) is 1.31. The summed E-state index contributed by atoms with van der Waals surface area (Å²) < 4.78 is 4.53. The van der Waals surface area contributed by atoms with E-state index in [9.17, 15) is 4.79 Å². The number of carbonyl (C=O) groups is 1. The molecule has 3 nitrogen and oxygen atoms in total. The van der Waals surface area contributed by atoms with Crippen molar-refractivity contribution in [1.82, 2.24) is 0 Å². The number of aliphatic hydroxyl groups excluding tert-OH is 1. The highest BCUT2D eigenvalue weighted by Gasteiger charge is 2.12. The molecule has 0 aromatic carbocycles. The van der Waals surface area contributed by atoms with Gasteiger partial charge in [0, 0.05) is 13.0 Å². The van der Waals surface area contributed by atoms with Gasteiger partial charge in [0.15, 0.2) is 0 Å². The molecular formula is C9H18O3. The van der Waals surface area contributed by atoms with Crippen molar-refractivity contribution < 1.29 is 14.6 Å². The number of carbonyl (C=O) groups excluding carboxylic acids is 1. The lowest BCUT2D eigenvalue weighted by molar-refractivity contribution is -0.141. The van der Waals surface area contributed by atoms with Gasteiger partial charge in [-0.25, -0.2) is 0 Å². The van der Waals surface area contributed by atoms with Gasteiger partial charge in [-0.05, 0) is 18.3 Å². The van der Waals surface area contributed by atoms with E-state index in [1.54, 1.807) is 0 Å². The van der Waals surface area contributed by atoms with Crippen molar-refractivity contribution in [1.29, 1.82) is 0 Å². The molecule has 2 atom stereocenters. The van der Waals surface area contributed by atoms with E-state index >= 15 is 0 Å². The molecule has 0 unspecified atom stereocenters. The van der Waals surface area contributed by atoms with Gasteiger partial charge in [-0.1, -0.05) is 13.8 Å². The third kappa shape index (κ3) is 5.13. The van der Waals surface area contributed by atoms with Gasteiger partial charge < -0.3 is 9.84 Å². The second-order valence-electron chi connectivity index (χ2n) is 3.41. The van der Waals surface area contributed by atoms with Crippen LogP contribution < -0.4 is 0 Å². The zero-order valence-electron chi connectivity index (χ0n) is 8.04. The molecule has 0 aliphatic heterocycles. The Labute approximate surface area is 73.7 Å². The second kappa shape index (κ2) is 6.00. The quantitative estimate of drug-likeness (QED) is 0.637. The highest BCUT2D eigenvalue weighted by molar-refractivity contribution is 5.69. The van der Waals surface area contributed by atoms with E-state index in [1.807, 2.05) is 13.8 Å². The van der Waals surface area contributed by atoms with Crippen LogP contribution in [0.5, 0.6) is 0 Å². The highest BCUT2D eigenvalue weighted by atomic mass is 16.5. The lowest BCUT2D eigenvalue weighted by atomic mass is 9.95. The fourth-order valence-corrected chi connectivity index (χ4v) is 1.21. The van der Waals surface area contributed by atoms with Crippen molar-refractivity contribution in [2.45, 2.75) is 26.7 Å². The van der Waals surface area contributed by atoms with Crippen LogP contribution >= 0.6 is 0 Å².